The average Bonchev–Trinajstić information content (AvgIpc) is 2.42. The molecule has 0 fully saturated rings. The van der Waals surface area contributed by atoms with E-state index in [0.29, 0.717) is 5.69 Å². The lowest BCUT2D eigenvalue weighted by atomic mass is 10.1. The lowest BCUT2D eigenvalue weighted by molar-refractivity contribution is 0.199. The smallest absolute Gasteiger partial charge is 0.323 e. The SMILES string of the molecule is CC(O)c1ccc(NC(=O)Nc2ccc(I)cc2)cc1. The minimum atomic E-state index is -0.510. The number of carbonyl (C=O) groups excluding carboxylic acids is 1. The third kappa shape index (κ3) is 4.21. The van der Waals surface area contributed by atoms with E-state index in [9.17, 15) is 9.90 Å². The number of hydrogen-bond donors (Lipinski definition) is 3. The molecule has 2 aromatic carbocycles. The van der Waals surface area contributed by atoms with E-state index in [-0.39, 0.29) is 6.03 Å². The Morgan fingerprint density at radius 1 is 1.00 bits per heavy atom. The lowest BCUT2D eigenvalue weighted by Crippen LogP contribution is -2.19. The number of aliphatic hydroxyl groups excluding tert-OH is 1. The molecule has 20 heavy (non-hydrogen) atoms. The van der Waals surface area contributed by atoms with Crippen molar-refractivity contribution >= 4 is 40.0 Å². The van der Waals surface area contributed by atoms with Crippen LogP contribution in [0, 0.1) is 3.57 Å². The number of anilines is 2. The van der Waals surface area contributed by atoms with E-state index in [1.807, 2.05) is 24.3 Å². The minimum absolute atomic E-state index is 0.295. The van der Waals surface area contributed by atoms with Crippen LogP contribution in [-0.4, -0.2) is 11.1 Å². The zero-order valence-electron chi connectivity index (χ0n) is 10.9. The molecule has 104 valence electrons. The summed E-state index contributed by atoms with van der Waals surface area (Å²) in [5.74, 6) is 0. The van der Waals surface area contributed by atoms with Crippen LogP contribution in [0.25, 0.3) is 0 Å². The molecule has 1 atom stereocenters. The van der Waals surface area contributed by atoms with Crippen LogP contribution in [0.5, 0.6) is 0 Å². The van der Waals surface area contributed by atoms with Crippen molar-refractivity contribution in [3.8, 4) is 0 Å². The maximum atomic E-state index is 11.8. The molecule has 0 spiro atoms. The molecule has 0 aromatic heterocycles. The van der Waals surface area contributed by atoms with Crippen molar-refractivity contribution in [2.45, 2.75) is 13.0 Å². The van der Waals surface area contributed by atoms with Crippen molar-refractivity contribution in [2.75, 3.05) is 10.6 Å². The first-order valence-electron chi connectivity index (χ1n) is 6.16. The number of nitrogens with one attached hydrogen (secondary N) is 2. The maximum Gasteiger partial charge on any atom is 0.323 e. The Labute approximate surface area is 131 Å². The van der Waals surface area contributed by atoms with Gasteiger partial charge in [-0.25, -0.2) is 4.79 Å². The Morgan fingerprint density at radius 3 is 1.90 bits per heavy atom. The van der Waals surface area contributed by atoms with E-state index in [0.717, 1.165) is 14.8 Å². The van der Waals surface area contributed by atoms with E-state index in [1.54, 1.807) is 31.2 Å². The standard InChI is InChI=1S/C15H15IN2O2/c1-10(19)11-2-6-13(7-3-11)17-15(20)18-14-8-4-12(16)5-9-14/h2-10,19H,1H3,(H2,17,18,20). The predicted octanol–water partition coefficient (Wildman–Crippen LogP) is 3.99. The van der Waals surface area contributed by atoms with Gasteiger partial charge in [0.2, 0.25) is 0 Å². The van der Waals surface area contributed by atoms with Crippen molar-refractivity contribution in [1.82, 2.24) is 0 Å². The van der Waals surface area contributed by atoms with Crippen LogP contribution in [-0.2, 0) is 0 Å². The molecular formula is C15H15IN2O2. The summed E-state index contributed by atoms with van der Waals surface area (Å²) in [6, 6.07) is 14.3. The van der Waals surface area contributed by atoms with Crippen molar-refractivity contribution in [3.05, 3.63) is 57.7 Å². The third-order valence-electron chi connectivity index (χ3n) is 2.75. The molecule has 0 saturated heterocycles. The number of halogens is 1. The summed E-state index contributed by atoms with van der Waals surface area (Å²) in [6.07, 6.45) is -0.510. The van der Waals surface area contributed by atoms with Gasteiger partial charge in [-0.1, -0.05) is 12.1 Å². The van der Waals surface area contributed by atoms with Gasteiger partial charge >= 0.3 is 6.03 Å². The average molecular weight is 382 g/mol. The van der Waals surface area contributed by atoms with Crippen molar-refractivity contribution in [2.24, 2.45) is 0 Å². The van der Waals surface area contributed by atoms with Gasteiger partial charge in [0.05, 0.1) is 6.10 Å². The fourth-order valence-corrected chi connectivity index (χ4v) is 2.03. The Balaban J connectivity index is 1.95. The predicted molar refractivity (Wildman–Crippen MR) is 88.9 cm³/mol. The quantitative estimate of drug-likeness (QED) is 0.704. The molecule has 5 heteroatoms. The highest BCUT2D eigenvalue weighted by Gasteiger charge is 2.04. The van der Waals surface area contributed by atoms with E-state index in [4.69, 9.17) is 0 Å². The number of aliphatic hydroxyl groups is 1. The number of hydrogen-bond acceptors (Lipinski definition) is 2. The zero-order valence-corrected chi connectivity index (χ0v) is 13.1. The highest BCUT2D eigenvalue weighted by molar-refractivity contribution is 14.1. The van der Waals surface area contributed by atoms with Gasteiger partial charge in [0.1, 0.15) is 0 Å². The number of urea groups is 1. The van der Waals surface area contributed by atoms with Crippen LogP contribution in [0.1, 0.15) is 18.6 Å². The van der Waals surface area contributed by atoms with E-state index < -0.39 is 6.10 Å². The van der Waals surface area contributed by atoms with Gasteiger partial charge in [-0.05, 0) is 71.5 Å². The Hall–Kier alpha value is -1.60. The summed E-state index contributed by atoms with van der Waals surface area (Å²) in [5.41, 5.74) is 2.23. The van der Waals surface area contributed by atoms with Gasteiger partial charge in [0.15, 0.2) is 0 Å². The van der Waals surface area contributed by atoms with Crippen molar-refractivity contribution in [3.63, 3.8) is 0 Å². The van der Waals surface area contributed by atoms with E-state index in [2.05, 4.69) is 33.2 Å². The molecule has 0 aliphatic rings. The second-order valence-electron chi connectivity index (χ2n) is 4.38. The minimum Gasteiger partial charge on any atom is -0.389 e. The first-order chi connectivity index (χ1) is 9.54. The van der Waals surface area contributed by atoms with Gasteiger partial charge in [-0.3, -0.25) is 0 Å². The topological polar surface area (TPSA) is 61.4 Å². The summed E-state index contributed by atoms with van der Waals surface area (Å²) < 4.78 is 1.11. The summed E-state index contributed by atoms with van der Waals surface area (Å²) in [5, 5.41) is 14.9. The van der Waals surface area contributed by atoms with Crippen LogP contribution in [0.2, 0.25) is 0 Å². The fraction of sp³-hybridized carbons (Fsp3) is 0.133. The van der Waals surface area contributed by atoms with Gasteiger partial charge in [0.25, 0.3) is 0 Å². The second kappa shape index (κ2) is 6.71. The Morgan fingerprint density at radius 2 is 1.45 bits per heavy atom. The van der Waals surface area contributed by atoms with Gasteiger partial charge in [0, 0.05) is 14.9 Å². The molecule has 0 aliphatic heterocycles. The van der Waals surface area contributed by atoms with Crippen LogP contribution >= 0.6 is 22.6 Å². The first-order valence-corrected chi connectivity index (χ1v) is 7.24. The van der Waals surface area contributed by atoms with Crippen molar-refractivity contribution < 1.29 is 9.90 Å². The fourth-order valence-electron chi connectivity index (χ4n) is 1.67. The molecule has 0 aliphatic carbocycles. The molecular weight excluding hydrogens is 367 g/mol. The van der Waals surface area contributed by atoms with Crippen LogP contribution in [0.15, 0.2) is 48.5 Å². The van der Waals surface area contributed by atoms with E-state index >= 15 is 0 Å². The molecule has 0 radical (unpaired) electrons. The highest BCUT2D eigenvalue weighted by atomic mass is 127. The molecule has 1 unspecified atom stereocenters. The second-order valence-corrected chi connectivity index (χ2v) is 5.63. The van der Waals surface area contributed by atoms with Crippen LogP contribution < -0.4 is 10.6 Å². The summed E-state index contributed by atoms with van der Waals surface area (Å²) in [6.45, 7) is 1.70. The number of carbonyl (C=O) groups is 1. The van der Waals surface area contributed by atoms with Crippen molar-refractivity contribution in [1.29, 1.82) is 0 Å². The van der Waals surface area contributed by atoms with Gasteiger partial charge < -0.3 is 15.7 Å². The number of rotatable bonds is 3. The molecule has 0 saturated carbocycles. The molecule has 4 nitrogen and oxygen atoms in total. The van der Waals surface area contributed by atoms with E-state index in [1.165, 1.54) is 0 Å². The molecule has 3 N–H and O–H groups in total. The Bertz CT molecular complexity index is 580. The van der Waals surface area contributed by atoms with Crippen LogP contribution in [0.3, 0.4) is 0 Å². The van der Waals surface area contributed by atoms with Gasteiger partial charge in [-0.2, -0.15) is 0 Å². The largest absolute Gasteiger partial charge is 0.389 e. The molecule has 0 bridgehead atoms. The first kappa shape index (κ1) is 14.8. The highest BCUT2D eigenvalue weighted by Crippen LogP contribution is 2.16. The summed E-state index contributed by atoms with van der Waals surface area (Å²) >= 11 is 2.21. The molecule has 0 heterocycles. The Kier molecular flexibility index (Phi) is 4.97. The lowest BCUT2D eigenvalue weighted by Gasteiger charge is -2.09. The maximum absolute atomic E-state index is 11.8. The molecule has 2 rings (SSSR count). The number of benzene rings is 2. The zero-order chi connectivity index (χ0) is 14.5. The molecule has 2 aromatic rings. The van der Waals surface area contributed by atoms with Crippen LogP contribution in [0.4, 0.5) is 16.2 Å². The number of amides is 2. The van der Waals surface area contributed by atoms with Gasteiger partial charge in [-0.15, -0.1) is 0 Å². The normalized spacial score (nSPS) is 11.8. The molecule has 2 amide bonds. The third-order valence-corrected chi connectivity index (χ3v) is 3.47. The summed E-state index contributed by atoms with van der Waals surface area (Å²) in [7, 11) is 0. The summed E-state index contributed by atoms with van der Waals surface area (Å²) in [4.78, 5) is 11.8. The monoisotopic (exact) mass is 382 g/mol.